The van der Waals surface area contributed by atoms with Crippen molar-refractivity contribution >= 4 is 5.69 Å². The smallest absolute Gasteiger partial charge is 0.271 e. The molecule has 8 nitrogen and oxygen atoms in total. The van der Waals surface area contributed by atoms with Crippen molar-refractivity contribution in [1.29, 1.82) is 0 Å². The second-order valence-corrected chi connectivity index (χ2v) is 3.97. The van der Waals surface area contributed by atoms with Crippen molar-refractivity contribution in [2.75, 3.05) is 0 Å². The number of hydrogen-bond donors (Lipinski definition) is 1. The van der Waals surface area contributed by atoms with E-state index in [1.54, 1.807) is 13.0 Å². The fourth-order valence-electron chi connectivity index (χ4n) is 1.59. The highest BCUT2D eigenvalue weighted by Gasteiger charge is 2.16. The standard InChI is InChI=1S/C10H12N6O2/c1-6-3-4-8(16(17)18)5-9(6)15-10(7(2)11)12-13-14-15/h3-5,7H,11H2,1-2H3. The average molecular weight is 248 g/mol. The monoisotopic (exact) mass is 248 g/mol. The zero-order valence-corrected chi connectivity index (χ0v) is 9.94. The summed E-state index contributed by atoms with van der Waals surface area (Å²) in [6.07, 6.45) is 0. The van der Waals surface area contributed by atoms with E-state index in [-0.39, 0.29) is 11.7 Å². The van der Waals surface area contributed by atoms with E-state index in [1.165, 1.54) is 16.8 Å². The van der Waals surface area contributed by atoms with Gasteiger partial charge in [-0.1, -0.05) is 6.07 Å². The van der Waals surface area contributed by atoms with Crippen LogP contribution in [0.1, 0.15) is 24.4 Å². The van der Waals surface area contributed by atoms with Gasteiger partial charge >= 0.3 is 0 Å². The van der Waals surface area contributed by atoms with Crippen LogP contribution in [-0.2, 0) is 0 Å². The number of rotatable bonds is 3. The maximum Gasteiger partial charge on any atom is 0.271 e. The third-order valence-corrected chi connectivity index (χ3v) is 2.53. The topological polar surface area (TPSA) is 113 Å². The van der Waals surface area contributed by atoms with Gasteiger partial charge in [-0.15, -0.1) is 5.10 Å². The van der Waals surface area contributed by atoms with Gasteiger partial charge in [-0.25, -0.2) is 0 Å². The summed E-state index contributed by atoms with van der Waals surface area (Å²) in [7, 11) is 0. The van der Waals surface area contributed by atoms with E-state index < -0.39 is 4.92 Å². The minimum absolute atomic E-state index is 0.0123. The van der Waals surface area contributed by atoms with Crippen LogP contribution in [0.25, 0.3) is 5.69 Å². The first-order valence-corrected chi connectivity index (χ1v) is 5.30. The molecule has 1 unspecified atom stereocenters. The Morgan fingerprint density at radius 3 is 2.83 bits per heavy atom. The highest BCUT2D eigenvalue weighted by atomic mass is 16.6. The molecular weight excluding hydrogens is 236 g/mol. The molecule has 2 aromatic rings. The second-order valence-electron chi connectivity index (χ2n) is 3.97. The van der Waals surface area contributed by atoms with Gasteiger partial charge in [0.25, 0.3) is 5.69 Å². The quantitative estimate of drug-likeness (QED) is 0.637. The maximum atomic E-state index is 10.8. The van der Waals surface area contributed by atoms with Crippen molar-refractivity contribution in [2.24, 2.45) is 5.73 Å². The molecule has 8 heteroatoms. The molecule has 0 amide bonds. The predicted molar refractivity (Wildman–Crippen MR) is 63.1 cm³/mol. The molecule has 1 atom stereocenters. The number of nitro benzene ring substituents is 1. The van der Waals surface area contributed by atoms with Gasteiger partial charge in [-0.2, -0.15) is 4.68 Å². The molecule has 1 heterocycles. The lowest BCUT2D eigenvalue weighted by molar-refractivity contribution is -0.384. The summed E-state index contributed by atoms with van der Waals surface area (Å²) in [5, 5.41) is 22.0. The lowest BCUT2D eigenvalue weighted by atomic mass is 10.2. The van der Waals surface area contributed by atoms with Gasteiger partial charge in [0.05, 0.1) is 16.7 Å². The summed E-state index contributed by atoms with van der Waals surface area (Å²) in [4.78, 5) is 10.3. The molecule has 1 aromatic carbocycles. The van der Waals surface area contributed by atoms with Crippen molar-refractivity contribution in [3.05, 3.63) is 39.7 Å². The van der Waals surface area contributed by atoms with Gasteiger partial charge in [-0.05, 0) is 29.8 Å². The van der Waals surface area contributed by atoms with Gasteiger partial charge in [-0.3, -0.25) is 10.1 Å². The number of benzene rings is 1. The summed E-state index contributed by atoms with van der Waals surface area (Å²) >= 11 is 0. The van der Waals surface area contributed by atoms with E-state index >= 15 is 0 Å². The molecule has 94 valence electrons. The van der Waals surface area contributed by atoms with Crippen molar-refractivity contribution in [2.45, 2.75) is 19.9 Å². The zero-order chi connectivity index (χ0) is 13.3. The zero-order valence-electron chi connectivity index (χ0n) is 9.94. The van der Waals surface area contributed by atoms with E-state index in [9.17, 15) is 10.1 Å². The van der Waals surface area contributed by atoms with E-state index in [4.69, 9.17) is 5.73 Å². The molecular formula is C10H12N6O2. The molecule has 18 heavy (non-hydrogen) atoms. The van der Waals surface area contributed by atoms with E-state index in [0.717, 1.165) is 5.56 Å². The third kappa shape index (κ3) is 2.05. The minimum Gasteiger partial charge on any atom is -0.321 e. The first-order valence-electron chi connectivity index (χ1n) is 5.30. The second kappa shape index (κ2) is 4.49. The Morgan fingerprint density at radius 1 is 1.50 bits per heavy atom. The Bertz CT molecular complexity index is 592. The van der Waals surface area contributed by atoms with Crippen LogP contribution in [-0.4, -0.2) is 25.1 Å². The molecule has 0 aliphatic carbocycles. The summed E-state index contributed by atoms with van der Waals surface area (Å²) in [6, 6.07) is 4.16. The number of nitro groups is 1. The Morgan fingerprint density at radius 2 is 2.22 bits per heavy atom. The van der Waals surface area contributed by atoms with Crippen molar-refractivity contribution < 1.29 is 4.92 Å². The van der Waals surface area contributed by atoms with Gasteiger partial charge in [0.15, 0.2) is 5.82 Å². The fraction of sp³-hybridized carbons (Fsp3) is 0.300. The molecule has 2 rings (SSSR count). The largest absolute Gasteiger partial charge is 0.321 e. The normalized spacial score (nSPS) is 12.4. The van der Waals surface area contributed by atoms with Crippen LogP contribution in [0.2, 0.25) is 0 Å². The van der Waals surface area contributed by atoms with Gasteiger partial charge in [0, 0.05) is 12.1 Å². The number of aromatic nitrogens is 4. The molecule has 0 radical (unpaired) electrons. The third-order valence-electron chi connectivity index (χ3n) is 2.53. The molecule has 2 N–H and O–H groups in total. The van der Waals surface area contributed by atoms with Crippen molar-refractivity contribution in [1.82, 2.24) is 20.2 Å². The van der Waals surface area contributed by atoms with Crippen LogP contribution in [0, 0.1) is 17.0 Å². The fourth-order valence-corrected chi connectivity index (χ4v) is 1.59. The molecule has 1 aromatic heterocycles. The van der Waals surface area contributed by atoms with Crippen LogP contribution < -0.4 is 5.73 Å². The predicted octanol–water partition coefficient (Wildman–Crippen LogP) is 0.899. The first kappa shape index (κ1) is 12.1. The average Bonchev–Trinajstić information content (AvgIpc) is 2.78. The van der Waals surface area contributed by atoms with E-state index in [1.807, 2.05) is 6.92 Å². The SMILES string of the molecule is Cc1ccc([N+](=O)[O-])cc1-n1nnnc1C(C)N. The minimum atomic E-state index is -0.459. The Balaban J connectivity index is 2.59. The summed E-state index contributed by atoms with van der Waals surface area (Å²) in [5.41, 5.74) is 7.12. The van der Waals surface area contributed by atoms with E-state index in [0.29, 0.717) is 11.5 Å². The number of nitrogens with two attached hydrogens (primary N) is 1. The lowest BCUT2D eigenvalue weighted by Crippen LogP contribution is -2.14. The molecule has 0 spiro atoms. The van der Waals surface area contributed by atoms with E-state index in [2.05, 4.69) is 15.5 Å². The highest BCUT2D eigenvalue weighted by molar-refractivity contribution is 5.48. The van der Waals surface area contributed by atoms with Crippen LogP contribution in [0.3, 0.4) is 0 Å². The summed E-state index contributed by atoms with van der Waals surface area (Å²) in [6.45, 7) is 3.57. The van der Waals surface area contributed by atoms with Crippen LogP contribution in [0.15, 0.2) is 18.2 Å². The highest BCUT2D eigenvalue weighted by Crippen LogP contribution is 2.22. The van der Waals surface area contributed by atoms with Crippen LogP contribution in [0.4, 0.5) is 5.69 Å². The lowest BCUT2D eigenvalue weighted by Gasteiger charge is -2.09. The number of non-ortho nitro benzene ring substituents is 1. The molecule has 0 saturated heterocycles. The first-order chi connectivity index (χ1) is 8.50. The number of aryl methyl sites for hydroxylation is 1. The number of tetrazole rings is 1. The summed E-state index contributed by atoms with van der Waals surface area (Å²) < 4.78 is 1.42. The number of hydrogen-bond acceptors (Lipinski definition) is 6. The molecule has 0 bridgehead atoms. The van der Waals surface area contributed by atoms with Gasteiger partial charge in [0.2, 0.25) is 0 Å². The molecule has 0 aliphatic rings. The Hall–Kier alpha value is -2.35. The van der Waals surface area contributed by atoms with Crippen molar-refractivity contribution in [3.63, 3.8) is 0 Å². The Labute approximate surface area is 103 Å². The van der Waals surface area contributed by atoms with Gasteiger partial charge in [0.1, 0.15) is 0 Å². The maximum absolute atomic E-state index is 10.8. The van der Waals surface area contributed by atoms with Gasteiger partial charge < -0.3 is 5.73 Å². The van der Waals surface area contributed by atoms with Crippen molar-refractivity contribution in [3.8, 4) is 5.69 Å². The molecule has 0 aliphatic heterocycles. The van der Waals surface area contributed by atoms with Crippen LogP contribution >= 0.6 is 0 Å². The molecule has 0 fully saturated rings. The van der Waals surface area contributed by atoms with Crippen LogP contribution in [0.5, 0.6) is 0 Å². The number of nitrogens with zero attached hydrogens (tertiary/aromatic N) is 5. The summed E-state index contributed by atoms with van der Waals surface area (Å²) in [5.74, 6) is 0.457. The Kier molecular flexibility index (Phi) is 3.02. The molecule has 0 saturated carbocycles.